The summed E-state index contributed by atoms with van der Waals surface area (Å²) in [6.07, 6.45) is 4.32. The molecule has 1 aliphatic carbocycles. The van der Waals surface area contributed by atoms with Crippen molar-refractivity contribution < 1.29 is 0 Å². The zero-order valence-corrected chi connectivity index (χ0v) is 5.41. The van der Waals surface area contributed by atoms with Gasteiger partial charge in [0.25, 0.3) is 0 Å². The first kappa shape index (κ1) is 4.80. The maximum atomic E-state index is 3.56. The van der Waals surface area contributed by atoms with Crippen LogP contribution in [0.25, 0.3) is 0 Å². The Bertz CT molecular complexity index is 105. The lowest BCUT2D eigenvalue weighted by molar-refractivity contribution is 0.576. The highest BCUT2D eigenvalue weighted by molar-refractivity contribution is 5.06. The van der Waals surface area contributed by atoms with Crippen LogP contribution in [0.15, 0.2) is 0 Å². The number of rotatable bonds is 0. The zero-order valence-electron chi connectivity index (χ0n) is 5.41. The van der Waals surface area contributed by atoms with Crippen LogP contribution in [0, 0.1) is 5.92 Å². The molecule has 1 heteroatoms. The summed E-state index contributed by atoms with van der Waals surface area (Å²) in [6, 6.07) is 0. The van der Waals surface area contributed by atoms with Gasteiger partial charge in [0.2, 0.25) is 0 Å². The fraction of sp³-hybridized carbons (Fsp3) is 1.00. The SMILES string of the molecule is C[C@@H]1CNC2(CC2)C1. The van der Waals surface area contributed by atoms with Gasteiger partial charge < -0.3 is 5.32 Å². The molecule has 0 aromatic carbocycles. The van der Waals surface area contributed by atoms with E-state index in [4.69, 9.17) is 0 Å². The fourth-order valence-corrected chi connectivity index (χ4v) is 1.73. The lowest BCUT2D eigenvalue weighted by atomic mass is 10.1. The van der Waals surface area contributed by atoms with Gasteiger partial charge in [0, 0.05) is 5.54 Å². The average Bonchev–Trinajstić information content (AvgIpc) is 2.34. The molecule has 1 atom stereocenters. The molecule has 8 heavy (non-hydrogen) atoms. The third-order valence-corrected chi connectivity index (χ3v) is 2.42. The van der Waals surface area contributed by atoms with Crippen molar-refractivity contribution in [3.05, 3.63) is 0 Å². The quantitative estimate of drug-likeness (QED) is 0.494. The van der Waals surface area contributed by atoms with E-state index in [1.165, 1.54) is 25.8 Å². The predicted molar refractivity (Wildman–Crippen MR) is 33.7 cm³/mol. The van der Waals surface area contributed by atoms with Crippen LogP contribution in [-0.2, 0) is 0 Å². The minimum atomic E-state index is 0.666. The van der Waals surface area contributed by atoms with E-state index in [0.717, 1.165) is 5.92 Å². The highest BCUT2D eigenvalue weighted by Gasteiger charge is 2.46. The van der Waals surface area contributed by atoms with E-state index in [9.17, 15) is 0 Å². The lowest BCUT2D eigenvalue weighted by Gasteiger charge is -2.01. The van der Waals surface area contributed by atoms with Gasteiger partial charge >= 0.3 is 0 Å². The van der Waals surface area contributed by atoms with Crippen LogP contribution in [0.4, 0.5) is 0 Å². The Morgan fingerprint density at radius 1 is 1.50 bits per heavy atom. The van der Waals surface area contributed by atoms with E-state index in [2.05, 4.69) is 12.2 Å². The molecule has 1 saturated carbocycles. The van der Waals surface area contributed by atoms with Crippen LogP contribution in [0.3, 0.4) is 0 Å². The van der Waals surface area contributed by atoms with Crippen molar-refractivity contribution >= 4 is 0 Å². The summed E-state index contributed by atoms with van der Waals surface area (Å²) in [7, 11) is 0. The third kappa shape index (κ3) is 0.576. The van der Waals surface area contributed by atoms with E-state index in [1.54, 1.807) is 0 Å². The van der Waals surface area contributed by atoms with Crippen molar-refractivity contribution in [1.29, 1.82) is 0 Å². The molecule has 0 unspecified atom stereocenters. The molecule has 46 valence electrons. The summed E-state index contributed by atoms with van der Waals surface area (Å²) in [4.78, 5) is 0. The van der Waals surface area contributed by atoms with Gasteiger partial charge in [0.15, 0.2) is 0 Å². The predicted octanol–water partition coefficient (Wildman–Crippen LogP) is 1.15. The van der Waals surface area contributed by atoms with Crippen molar-refractivity contribution in [2.45, 2.75) is 31.7 Å². The summed E-state index contributed by atoms with van der Waals surface area (Å²) < 4.78 is 0. The summed E-state index contributed by atoms with van der Waals surface area (Å²) >= 11 is 0. The number of nitrogens with one attached hydrogen (secondary N) is 1. The average molecular weight is 111 g/mol. The molecule has 0 amide bonds. The summed E-state index contributed by atoms with van der Waals surface area (Å²) in [5.74, 6) is 0.942. The van der Waals surface area contributed by atoms with E-state index < -0.39 is 0 Å². The van der Waals surface area contributed by atoms with Gasteiger partial charge in [-0.2, -0.15) is 0 Å². The van der Waals surface area contributed by atoms with Crippen LogP contribution in [0.2, 0.25) is 0 Å². The van der Waals surface area contributed by atoms with Crippen LogP contribution in [0.5, 0.6) is 0 Å². The molecule has 0 aromatic heterocycles. The van der Waals surface area contributed by atoms with Crippen molar-refractivity contribution in [2.75, 3.05) is 6.54 Å². The second-order valence-electron chi connectivity index (χ2n) is 3.47. The Morgan fingerprint density at radius 2 is 2.25 bits per heavy atom. The second-order valence-corrected chi connectivity index (χ2v) is 3.47. The molecule has 2 fully saturated rings. The molecular weight excluding hydrogens is 98.1 g/mol. The molecule has 1 nitrogen and oxygen atoms in total. The highest BCUT2D eigenvalue weighted by Crippen LogP contribution is 2.44. The summed E-state index contributed by atoms with van der Waals surface area (Å²) in [5, 5.41) is 3.56. The van der Waals surface area contributed by atoms with Gasteiger partial charge in [-0.1, -0.05) is 6.92 Å². The Labute approximate surface area is 50.5 Å². The van der Waals surface area contributed by atoms with Gasteiger partial charge in [-0.25, -0.2) is 0 Å². The first-order valence-corrected chi connectivity index (χ1v) is 3.56. The minimum absolute atomic E-state index is 0.666. The summed E-state index contributed by atoms with van der Waals surface area (Å²) in [6.45, 7) is 3.60. The second kappa shape index (κ2) is 1.27. The van der Waals surface area contributed by atoms with Crippen LogP contribution in [-0.4, -0.2) is 12.1 Å². The van der Waals surface area contributed by atoms with Crippen molar-refractivity contribution in [1.82, 2.24) is 5.32 Å². The third-order valence-electron chi connectivity index (χ3n) is 2.42. The zero-order chi connectivity index (χ0) is 5.61. The molecule has 1 spiro atoms. The standard InChI is InChI=1S/C7H13N/c1-6-4-7(2-3-7)8-5-6/h6,8H,2-5H2,1H3/t6-/m0/s1. The maximum absolute atomic E-state index is 3.56. The lowest BCUT2D eigenvalue weighted by Crippen LogP contribution is -2.22. The number of hydrogen-bond acceptors (Lipinski definition) is 1. The van der Waals surface area contributed by atoms with Crippen LogP contribution < -0.4 is 5.32 Å². The molecule has 1 heterocycles. The van der Waals surface area contributed by atoms with E-state index in [-0.39, 0.29) is 0 Å². The Balaban J connectivity index is 2.03. The van der Waals surface area contributed by atoms with Gasteiger partial charge in [-0.15, -0.1) is 0 Å². The smallest absolute Gasteiger partial charge is 0.0186 e. The monoisotopic (exact) mass is 111 g/mol. The largest absolute Gasteiger partial charge is 0.311 e. The van der Waals surface area contributed by atoms with Gasteiger partial charge in [-0.05, 0) is 31.7 Å². The first-order chi connectivity index (χ1) is 3.81. The molecule has 1 N–H and O–H groups in total. The molecule has 0 radical (unpaired) electrons. The topological polar surface area (TPSA) is 12.0 Å². The molecule has 1 aliphatic heterocycles. The van der Waals surface area contributed by atoms with Crippen molar-refractivity contribution in [3.63, 3.8) is 0 Å². The summed E-state index contributed by atoms with van der Waals surface area (Å²) in [5.41, 5.74) is 0.666. The minimum Gasteiger partial charge on any atom is -0.311 e. The first-order valence-electron chi connectivity index (χ1n) is 3.56. The van der Waals surface area contributed by atoms with Gasteiger partial charge in [0.1, 0.15) is 0 Å². The van der Waals surface area contributed by atoms with Crippen molar-refractivity contribution in [3.8, 4) is 0 Å². The normalized spacial score (nSPS) is 40.9. The molecular formula is C7H13N. The van der Waals surface area contributed by atoms with E-state index in [1.807, 2.05) is 0 Å². The van der Waals surface area contributed by atoms with Crippen molar-refractivity contribution in [2.24, 2.45) is 5.92 Å². The van der Waals surface area contributed by atoms with E-state index in [0.29, 0.717) is 5.54 Å². The molecule has 0 bridgehead atoms. The maximum Gasteiger partial charge on any atom is 0.0186 e. The molecule has 0 aromatic rings. The highest BCUT2D eigenvalue weighted by atomic mass is 15.1. The Kier molecular flexibility index (Phi) is 0.762. The van der Waals surface area contributed by atoms with Crippen LogP contribution in [0.1, 0.15) is 26.2 Å². The Morgan fingerprint density at radius 3 is 2.50 bits per heavy atom. The van der Waals surface area contributed by atoms with E-state index >= 15 is 0 Å². The fourth-order valence-electron chi connectivity index (χ4n) is 1.73. The van der Waals surface area contributed by atoms with Crippen LogP contribution >= 0.6 is 0 Å². The molecule has 2 rings (SSSR count). The van der Waals surface area contributed by atoms with Gasteiger partial charge in [0.05, 0.1) is 0 Å². The molecule has 1 saturated heterocycles. The molecule has 2 aliphatic rings. The van der Waals surface area contributed by atoms with Gasteiger partial charge in [-0.3, -0.25) is 0 Å². The Hall–Kier alpha value is -0.0400. The number of hydrogen-bond donors (Lipinski definition) is 1.